The zero-order valence-corrected chi connectivity index (χ0v) is 11.6. The molecule has 1 N–H and O–H groups in total. The van der Waals surface area contributed by atoms with E-state index in [-0.39, 0.29) is 17.0 Å². The number of hydrogen-bond donors (Lipinski definition) is 1. The molecule has 2 nitrogen and oxygen atoms in total. The lowest BCUT2D eigenvalue weighted by Crippen LogP contribution is -2.40. The first-order valence-corrected chi connectivity index (χ1v) is 6.74. The monoisotopic (exact) mass is 285 g/mol. The first-order chi connectivity index (χ1) is 9.28. The summed E-state index contributed by atoms with van der Waals surface area (Å²) in [6.45, 7) is 4.26. The van der Waals surface area contributed by atoms with Crippen LogP contribution in [0.2, 0.25) is 0 Å². The Morgan fingerprint density at radius 3 is 2.40 bits per heavy atom. The van der Waals surface area contributed by atoms with Gasteiger partial charge in [-0.1, -0.05) is 20.3 Å². The van der Waals surface area contributed by atoms with Crippen molar-refractivity contribution in [2.75, 3.05) is 0 Å². The van der Waals surface area contributed by atoms with Gasteiger partial charge in [0.2, 0.25) is 0 Å². The second kappa shape index (κ2) is 5.46. The predicted octanol–water partition coefficient (Wildman–Crippen LogP) is 3.80. The van der Waals surface area contributed by atoms with Gasteiger partial charge in [0.1, 0.15) is 0 Å². The number of carbonyl (C=O) groups is 1. The molecule has 1 atom stereocenters. The maximum atomic E-state index is 13.1. The third kappa shape index (κ3) is 3.32. The van der Waals surface area contributed by atoms with Crippen molar-refractivity contribution in [3.05, 3.63) is 35.1 Å². The third-order valence-corrected chi connectivity index (χ3v) is 3.79. The fourth-order valence-electron chi connectivity index (χ4n) is 2.78. The molecular formula is C15H18F3NO. The average molecular weight is 285 g/mol. The molecule has 1 aliphatic rings. The van der Waals surface area contributed by atoms with Crippen LogP contribution in [0, 0.1) is 22.9 Å². The normalized spacial score (nSPS) is 21.6. The van der Waals surface area contributed by atoms with Gasteiger partial charge >= 0.3 is 0 Å². The highest BCUT2D eigenvalue weighted by Gasteiger charge is 2.29. The summed E-state index contributed by atoms with van der Waals surface area (Å²) in [6, 6.07) is 1.44. The van der Waals surface area contributed by atoms with Crippen molar-refractivity contribution in [1.29, 1.82) is 0 Å². The van der Waals surface area contributed by atoms with Crippen molar-refractivity contribution in [3.8, 4) is 0 Å². The average Bonchev–Trinajstić information content (AvgIpc) is 2.34. The zero-order chi connectivity index (χ0) is 14.9. The van der Waals surface area contributed by atoms with Crippen LogP contribution in [0.4, 0.5) is 13.2 Å². The van der Waals surface area contributed by atoms with Crippen molar-refractivity contribution in [2.24, 2.45) is 5.41 Å². The molecule has 0 radical (unpaired) electrons. The van der Waals surface area contributed by atoms with E-state index >= 15 is 0 Å². The summed E-state index contributed by atoms with van der Waals surface area (Å²) in [5, 5.41) is 2.77. The van der Waals surface area contributed by atoms with E-state index in [2.05, 4.69) is 19.2 Å². The van der Waals surface area contributed by atoms with Crippen molar-refractivity contribution in [2.45, 2.75) is 45.6 Å². The minimum atomic E-state index is -1.56. The SMILES string of the molecule is CC1(C)CCCC(NC(=O)c2cc(F)c(F)c(F)c2)C1. The van der Waals surface area contributed by atoms with Crippen LogP contribution in [-0.2, 0) is 0 Å². The summed E-state index contributed by atoms with van der Waals surface area (Å²) in [5.74, 6) is -4.82. The molecule has 0 bridgehead atoms. The number of benzene rings is 1. The van der Waals surface area contributed by atoms with E-state index in [4.69, 9.17) is 0 Å². The lowest BCUT2D eigenvalue weighted by Gasteiger charge is -2.35. The van der Waals surface area contributed by atoms with Gasteiger partial charge in [0.25, 0.3) is 5.91 Å². The van der Waals surface area contributed by atoms with Gasteiger partial charge in [-0.25, -0.2) is 13.2 Å². The minimum Gasteiger partial charge on any atom is -0.349 e. The second-order valence-electron chi connectivity index (χ2n) is 6.18. The molecule has 0 aromatic heterocycles. The number of rotatable bonds is 2. The lowest BCUT2D eigenvalue weighted by molar-refractivity contribution is 0.0901. The molecular weight excluding hydrogens is 267 g/mol. The molecule has 0 spiro atoms. The van der Waals surface area contributed by atoms with Gasteiger partial charge in [-0.2, -0.15) is 0 Å². The first kappa shape index (κ1) is 14.9. The molecule has 0 aliphatic heterocycles. The molecule has 0 saturated heterocycles. The maximum Gasteiger partial charge on any atom is 0.251 e. The van der Waals surface area contributed by atoms with Crippen LogP contribution in [0.5, 0.6) is 0 Å². The van der Waals surface area contributed by atoms with E-state index in [1.807, 2.05) is 0 Å². The molecule has 2 rings (SSSR count). The number of amides is 1. The summed E-state index contributed by atoms with van der Waals surface area (Å²) >= 11 is 0. The van der Waals surface area contributed by atoms with E-state index in [1.54, 1.807) is 0 Å². The molecule has 110 valence electrons. The van der Waals surface area contributed by atoms with Crippen LogP contribution >= 0.6 is 0 Å². The molecule has 1 aromatic rings. The largest absolute Gasteiger partial charge is 0.349 e. The Balaban J connectivity index is 2.09. The molecule has 1 saturated carbocycles. The van der Waals surface area contributed by atoms with Crippen LogP contribution in [0.15, 0.2) is 12.1 Å². The topological polar surface area (TPSA) is 29.1 Å². The van der Waals surface area contributed by atoms with Gasteiger partial charge in [0.15, 0.2) is 17.5 Å². The molecule has 20 heavy (non-hydrogen) atoms. The van der Waals surface area contributed by atoms with Crippen molar-refractivity contribution < 1.29 is 18.0 Å². The van der Waals surface area contributed by atoms with Crippen molar-refractivity contribution >= 4 is 5.91 Å². The van der Waals surface area contributed by atoms with E-state index in [0.29, 0.717) is 0 Å². The Kier molecular flexibility index (Phi) is 4.06. The highest BCUT2D eigenvalue weighted by Crippen LogP contribution is 2.35. The second-order valence-corrected chi connectivity index (χ2v) is 6.18. The molecule has 1 fully saturated rings. The van der Waals surface area contributed by atoms with Crippen LogP contribution in [0.3, 0.4) is 0 Å². The Hall–Kier alpha value is -1.52. The Morgan fingerprint density at radius 1 is 1.25 bits per heavy atom. The van der Waals surface area contributed by atoms with Crippen molar-refractivity contribution in [3.63, 3.8) is 0 Å². The van der Waals surface area contributed by atoms with E-state index in [0.717, 1.165) is 37.8 Å². The summed E-state index contributed by atoms with van der Waals surface area (Å²) in [6.07, 6.45) is 3.77. The fraction of sp³-hybridized carbons (Fsp3) is 0.533. The van der Waals surface area contributed by atoms with Crippen molar-refractivity contribution in [1.82, 2.24) is 5.32 Å². The molecule has 1 aromatic carbocycles. The quantitative estimate of drug-likeness (QED) is 0.823. The zero-order valence-electron chi connectivity index (χ0n) is 11.6. The van der Waals surface area contributed by atoms with Gasteiger partial charge in [-0.3, -0.25) is 4.79 Å². The summed E-state index contributed by atoms with van der Waals surface area (Å²) in [4.78, 5) is 12.0. The molecule has 1 amide bonds. The predicted molar refractivity (Wildman–Crippen MR) is 69.8 cm³/mol. The minimum absolute atomic E-state index is 0.0116. The van der Waals surface area contributed by atoms with Crippen LogP contribution in [-0.4, -0.2) is 11.9 Å². The number of carbonyl (C=O) groups excluding carboxylic acids is 1. The number of hydrogen-bond acceptors (Lipinski definition) is 1. The summed E-state index contributed by atoms with van der Waals surface area (Å²) in [5.41, 5.74) is -0.0417. The van der Waals surface area contributed by atoms with Crippen LogP contribution in [0.25, 0.3) is 0 Å². The van der Waals surface area contributed by atoms with Gasteiger partial charge in [-0.05, 0) is 36.8 Å². The highest BCUT2D eigenvalue weighted by atomic mass is 19.2. The van der Waals surface area contributed by atoms with E-state index in [1.165, 1.54) is 0 Å². The molecule has 1 unspecified atom stereocenters. The molecule has 5 heteroatoms. The highest BCUT2D eigenvalue weighted by molar-refractivity contribution is 5.94. The van der Waals surface area contributed by atoms with Crippen LogP contribution < -0.4 is 5.32 Å². The van der Waals surface area contributed by atoms with Gasteiger partial charge in [0.05, 0.1) is 0 Å². The van der Waals surface area contributed by atoms with Gasteiger partial charge in [0, 0.05) is 11.6 Å². The summed E-state index contributed by atoms with van der Waals surface area (Å²) in [7, 11) is 0. The van der Waals surface area contributed by atoms with E-state index < -0.39 is 23.4 Å². The lowest BCUT2D eigenvalue weighted by atomic mass is 9.75. The Morgan fingerprint density at radius 2 is 1.85 bits per heavy atom. The Labute approximate surface area is 116 Å². The van der Waals surface area contributed by atoms with Gasteiger partial charge in [-0.15, -0.1) is 0 Å². The molecule has 1 aliphatic carbocycles. The summed E-state index contributed by atoms with van der Waals surface area (Å²) < 4.78 is 39.1. The first-order valence-electron chi connectivity index (χ1n) is 6.74. The smallest absolute Gasteiger partial charge is 0.251 e. The number of nitrogens with one attached hydrogen (secondary N) is 1. The Bertz CT molecular complexity index is 505. The number of halogens is 3. The van der Waals surface area contributed by atoms with Gasteiger partial charge < -0.3 is 5.32 Å². The molecule has 0 heterocycles. The fourth-order valence-corrected chi connectivity index (χ4v) is 2.78. The third-order valence-electron chi connectivity index (χ3n) is 3.79. The van der Waals surface area contributed by atoms with E-state index in [9.17, 15) is 18.0 Å². The maximum absolute atomic E-state index is 13.1. The standard InChI is InChI=1S/C15H18F3NO/c1-15(2)5-3-4-10(8-15)19-14(20)9-6-11(16)13(18)12(17)7-9/h6-7,10H,3-5,8H2,1-2H3,(H,19,20). The van der Waals surface area contributed by atoms with Crippen LogP contribution in [0.1, 0.15) is 49.9 Å².